The second-order valence-electron chi connectivity index (χ2n) is 3.03. The summed E-state index contributed by atoms with van der Waals surface area (Å²) in [7, 11) is 0. The first kappa shape index (κ1) is 11.2. The molecule has 0 unspecified atom stereocenters. The van der Waals surface area contributed by atoms with E-state index in [0.717, 1.165) is 5.56 Å². The summed E-state index contributed by atoms with van der Waals surface area (Å²) in [6.07, 6.45) is 0. The van der Waals surface area contributed by atoms with Crippen molar-refractivity contribution in [3.63, 3.8) is 0 Å². The average molecular weight is 206 g/mol. The summed E-state index contributed by atoms with van der Waals surface area (Å²) >= 11 is 0. The van der Waals surface area contributed by atoms with Gasteiger partial charge in [0.25, 0.3) is 0 Å². The smallest absolute Gasteiger partial charge is 0.309 e. The Bertz CT molecular complexity index is 336. The zero-order valence-electron chi connectivity index (χ0n) is 8.62. The normalized spacial score (nSPS) is 9.40. The van der Waals surface area contributed by atoms with Gasteiger partial charge in [0, 0.05) is 13.1 Å². The van der Waals surface area contributed by atoms with Crippen LogP contribution in [0.5, 0.6) is 0 Å². The third-order valence-corrected chi connectivity index (χ3v) is 1.84. The molecule has 0 aliphatic carbocycles. The Labute approximate surface area is 88.7 Å². The van der Waals surface area contributed by atoms with E-state index >= 15 is 0 Å². The highest BCUT2D eigenvalue weighted by Gasteiger charge is 2.10. The Balaban J connectivity index is 2.38. The SMILES string of the molecule is CCNC(=O)C(=O)NCc1ccccc1. The van der Waals surface area contributed by atoms with Gasteiger partial charge >= 0.3 is 11.8 Å². The molecular weight excluding hydrogens is 192 g/mol. The largest absolute Gasteiger partial charge is 0.348 e. The molecule has 4 heteroatoms. The van der Waals surface area contributed by atoms with Crippen molar-refractivity contribution >= 4 is 11.8 Å². The summed E-state index contributed by atoms with van der Waals surface area (Å²) in [5, 5.41) is 4.96. The Morgan fingerprint density at radius 3 is 2.27 bits per heavy atom. The van der Waals surface area contributed by atoms with E-state index in [1.165, 1.54) is 0 Å². The van der Waals surface area contributed by atoms with Gasteiger partial charge in [0.2, 0.25) is 0 Å². The highest BCUT2D eigenvalue weighted by atomic mass is 16.2. The highest BCUT2D eigenvalue weighted by molar-refractivity contribution is 6.35. The zero-order chi connectivity index (χ0) is 11.1. The lowest BCUT2D eigenvalue weighted by Crippen LogP contribution is -2.39. The van der Waals surface area contributed by atoms with Crippen LogP contribution in [-0.4, -0.2) is 18.4 Å². The van der Waals surface area contributed by atoms with Crippen LogP contribution in [0.2, 0.25) is 0 Å². The molecule has 0 aliphatic heterocycles. The first-order valence-corrected chi connectivity index (χ1v) is 4.84. The maximum atomic E-state index is 11.2. The second kappa shape index (κ2) is 5.80. The zero-order valence-corrected chi connectivity index (χ0v) is 8.62. The van der Waals surface area contributed by atoms with Gasteiger partial charge in [0.05, 0.1) is 0 Å². The number of nitrogens with one attached hydrogen (secondary N) is 2. The number of amides is 2. The first-order chi connectivity index (χ1) is 7.24. The van der Waals surface area contributed by atoms with Crippen molar-refractivity contribution in [2.45, 2.75) is 13.5 Å². The Kier molecular flexibility index (Phi) is 4.34. The van der Waals surface area contributed by atoms with Crippen LogP contribution in [0.3, 0.4) is 0 Å². The van der Waals surface area contributed by atoms with Crippen LogP contribution in [-0.2, 0) is 16.1 Å². The Morgan fingerprint density at radius 2 is 1.67 bits per heavy atom. The van der Waals surface area contributed by atoms with Gasteiger partial charge in [-0.1, -0.05) is 30.3 Å². The minimum atomic E-state index is -0.597. The molecule has 1 rings (SSSR count). The van der Waals surface area contributed by atoms with E-state index < -0.39 is 11.8 Å². The fourth-order valence-corrected chi connectivity index (χ4v) is 1.10. The van der Waals surface area contributed by atoms with Crippen LogP contribution >= 0.6 is 0 Å². The minimum absolute atomic E-state index is 0.372. The van der Waals surface area contributed by atoms with Crippen molar-refractivity contribution in [2.75, 3.05) is 6.54 Å². The Morgan fingerprint density at radius 1 is 1.07 bits per heavy atom. The molecule has 2 N–H and O–H groups in total. The topological polar surface area (TPSA) is 58.2 Å². The van der Waals surface area contributed by atoms with E-state index in [9.17, 15) is 9.59 Å². The van der Waals surface area contributed by atoms with E-state index in [-0.39, 0.29) is 0 Å². The standard InChI is InChI=1S/C11H14N2O2/c1-2-12-10(14)11(15)13-8-9-6-4-3-5-7-9/h3-7H,2,8H2,1H3,(H,12,14)(H,13,15). The van der Waals surface area contributed by atoms with Crippen molar-refractivity contribution in [3.05, 3.63) is 35.9 Å². The minimum Gasteiger partial charge on any atom is -0.348 e. The number of carbonyl (C=O) groups is 2. The lowest BCUT2D eigenvalue weighted by molar-refractivity contribution is -0.139. The molecule has 0 radical (unpaired) electrons. The van der Waals surface area contributed by atoms with Crippen molar-refractivity contribution in [1.82, 2.24) is 10.6 Å². The molecule has 0 saturated carbocycles. The number of rotatable bonds is 3. The van der Waals surface area contributed by atoms with Gasteiger partial charge in [-0.3, -0.25) is 9.59 Å². The van der Waals surface area contributed by atoms with Crippen molar-refractivity contribution in [3.8, 4) is 0 Å². The molecule has 2 amide bonds. The van der Waals surface area contributed by atoms with Crippen molar-refractivity contribution < 1.29 is 9.59 Å². The summed E-state index contributed by atoms with van der Waals surface area (Å²) in [6.45, 7) is 2.59. The number of likely N-dealkylation sites (N-methyl/N-ethyl adjacent to an activating group) is 1. The van der Waals surface area contributed by atoms with Gasteiger partial charge in [0.15, 0.2) is 0 Å². The van der Waals surface area contributed by atoms with Crippen LogP contribution < -0.4 is 10.6 Å². The van der Waals surface area contributed by atoms with Crippen molar-refractivity contribution in [2.24, 2.45) is 0 Å². The van der Waals surface area contributed by atoms with Gasteiger partial charge in [-0.05, 0) is 12.5 Å². The quantitative estimate of drug-likeness (QED) is 0.705. The fourth-order valence-electron chi connectivity index (χ4n) is 1.10. The molecule has 0 aliphatic rings. The number of carbonyl (C=O) groups excluding carboxylic acids is 2. The molecular formula is C11H14N2O2. The van der Waals surface area contributed by atoms with Crippen LogP contribution in [0.15, 0.2) is 30.3 Å². The molecule has 0 spiro atoms. The average Bonchev–Trinajstić information content (AvgIpc) is 2.27. The molecule has 4 nitrogen and oxygen atoms in total. The van der Waals surface area contributed by atoms with Gasteiger partial charge in [-0.25, -0.2) is 0 Å². The number of benzene rings is 1. The molecule has 80 valence electrons. The van der Waals surface area contributed by atoms with Gasteiger partial charge < -0.3 is 10.6 Å². The van der Waals surface area contributed by atoms with E-state index in [0.29, 0.717) is 13.1 Å². The predicted molar refractivity (Wildman–Crippen MR) is 57.0 cm³/mol. The molecule has 0 atom stereocenters. The maximum absolute atomic E-state index is 11.2. The maximum Gasteiger partial charge on any atom is 0.309 e. The van der Waals surface area contributed by atoms with Crippen LogP contribution in [0, 0.1) is 0 Å². The van der Waals surface area contributed by atoms with Crippen LogP contribution in [0.1, 0.15) is 12.5 Å². The molecule has 0 saturated heterocycles. The van der Waals surface area contributed by atoms with E-state index in [2.05, 4.69) is 10.6 Å². The van der Waals surface area contributed by atoms with Gasteiger partial charge in [-0.2, -0.15) is 0 Å². The Hall–Kier alpha value is -1.84. The number of hydrogen-bond donors (Lipinski definition) is 2. The van der Waals surface area contributed by atoms with Crippen LogP contribution in [0.25, 0.3) is 0 Å². The fraction of sp³-hybridized carbons (Fsp3) is 0.273. The van der Waals surface area contributed by atoms with E-state index in [1.807, 2.05) is 30.3 Å². The second-order valence-corrected chi connectivity index (χ2v) is 3.03. The van der Waals surface area contributed by atoms with Crippen LogP contribution in [0.4, 0.5) is 0 Å². The molecule has 0 aromatic heterocycles. The highest BCUT2D eigenvalue weighted by Crippen LogP contribution is 1.96. The summed E-state index contributed by atoms with van der Waals surface area (Å²) in [5.41, 5.74) is 0.968. The molecule has 0 fully saturated rings. The third kappa shape index (κ3) is 3.81. The number of hydrogen-bond acceptors (Lipinski definition) is 2. The molecule has 15 heavy (non-hydrogen) atoms. The van der Waals surface area contributed by atoms with E-state index in [4.69, 9.17) is 0 Å². The molecule has 0 heterocycles. The van der Waals surface area contributed by atoms with Gasteiger partial charge in [-0.15, -0.1) is 0 Å². The molecule has 0 bridgehead atoms. The summed E-state index contributed by atoms with van der Waals surface area (Å²) in [6, 6.07) is 9.44. The summed E-state index contributed by atoms with van der Waals surface area (Å²) in [4.78, 5) is 22.2. The third-order valence-electron chi connectivity index (χ3n) is 1.84. The summed E-state index contributed by atoms with van der Waals surface area (Å²) in [5.74, 6) is -1.19. The monoisotopic (exact) mass is 206 g/mol. The van der Waals surface area contributed by atoms with Crippen molar-refractivity contribution in [1.29, 1.82) is 0 Å². The lowest BCUT2D eigenvalue weighted by atomic mass is 10.2. The lowest BCUT2D eigenvalue weighted by Gasteiger charge is -2.04. The molecule has 1 aromatic carbocycles. The predicted octanol–water partition coefficient (Wildman–Crippen LogP) is 0.439. The van der Waals surface area contributed by atoms with Gasteiger partial charge in [0.1, 0.15) is 0 Å². The molecule has 1 aromatic rings. The first-order valence-electron chi connectivity index (χ1n) is 4.84. The van der Waals surface area contributed by atoms with E-state index in [1.54, 1.807) is 6.92 Å². The summed E-state index contributed by atoms with van der Waals surface area (Å²) < 4.78 is 0.